The van der Waals surface area contributed by atoms with E-state index in [0.29, 0.717) is 41.3 Å². The zero-order chi connectivity index (χ0) is 43.0. The monoisotopic (exact) mass is 854 g/mol. The second-order valence-corrected chi connectivity index (χ2v) is 20.1. The predicted molar refractivity (Wildman–Crippen MR) is 217 cm³/mol. The summed E-state index contributed by atoms with van der Waals surface area (Å²) in [7, 11) is 1.50. The SMILES string of the molecule is COc1ccc(C(=O)O[C@H]2[C@H](O[C@H]3CO[C@@H](O[C@H]4CC[C@@]5(C)C(=CCC6C7CC8OC9(CC[C@@H](C)CO9)[C@@H](C)C8[C@@]7(C)CCC65)C4)[C@H](OC(C)=O)[C@H]3O)OC[C@@H](O)[C@@H]2O)cc1. The fourth-order valence-corrected chi connectivity index (χ4v) is 13.4. The van der Waals surface area contributed by atoms with Gasteiger partial charge in [0.25, 0.3) is 0 Å². The van der Waals surface area contributed by atoms with Crippen LogP contribution >= 0.6 is 0 Å². The van der Waals surface area contributed by atoms with Crippen molar-refractivity contribution in [3.05, 3.63) is 41.5 Å². The quantitative estimate of drug-likeness (QED) is 0.233. The van der Waals surface area contributed by atoms with Gasteiger partial charge in [0.15, 0.2) is 30.6 Å². The number of fused-ring (bicyclic) bond motifs is 7. The lowest BCUT2D eigenvalue weighted by Gasteiger charge is -2.58. The first-order chi connectivity index (χ1) is 29.1. The van der Waals surface area contributed by atoms with Gasteiger partial charge < -0.3 is 58.0 Å². The molecule has 4 aliphatic heterocycles. The van der Waals surface area contributed by atoms with Crippen LogP contribution in [0, 0.1) is 46.3 Å². The first kappa shape index (κ1) is 43.6. The Hall–Kier alpha value is -2.66. The van der Waals surface area contributed by atoms with E-state index in [-0.39, 0.29) is 41.8 Å². The molecule has 7 fully saturated rings. The summed E-state index contributed by atoms with van der Waals surface area (Å²) < 4.78 is 54.5. The van der Waals surface area contributed by atoms with Crippen molar-refractivity contribution in [1.29, 1.82) is 0 Å². The van der Waals surface area contributed by atoms with Gasteiger partial charge in [0.05, 0.1) is 44.7 Å². The number of hydrogen-bond donors (Lipinski definition) is 3. The number of allylic oxidation sites excluding steroid dienone is 1. The van der Waals surface area contributed by atoms with E-state index in [2.05, 4.69) is 33.8 Å². The summed E-state index contributed by atoms with van der Waals surface area (Å²) in [6, 6.07) is 6.18. The lowest BCUT2D eigenvalue weighted by atomic mass is 9.47. The molecule has 3 saturated carbocycles. The fraction of sp³-hybridized carbons (Fsp3) is 0.787. The normalized spacial score (nSPS) is 47.9. The van der Waals surface area contributed by atoms with Crippen LogP contribution in [0.1, 0.15) is 103 Å². The first-order valence-electron chi connectivity index (χ1n) is 22.8. The maximum atomic E-state index is 13.1. The van der Waals surface area contributed by atoms with Gasteiger partial charge in [-0.1, -0.05) is 39.3 Å². The van der Waals surface area contributed by atoms with E-state index in [9.17, 15) is 24.9 Å². The highest BCUT2D eigenvalue weighted by atomic mass is 16.7. The molecule has 1 aromatic rings. The molecule has 338 valence electrons. The Kier molecular flexibility index (Phi) is 11.9. The lowest BCUT2D eigenvalue weighted by molar-refractivity contribution is -0.333. The van der Waals surface area contributed by atoms with Gasteiger partial charge in [0, 0.05) is 19.3 Å². The molecule has 4 saturated heterocycles. The van der Waals surface area contributed by atoms with Gasteiger partial charge in [-0.05, 0) is 116 Å². The topological polar surface area (TPSA) is 178 Å². The van der Waals surface area contributed by atoms with E-state index in [4.69, 9.17) is 42.6 Å². The third kappa shape index (κ3) is 7.67. The maximum absolute atomic E-state index is 13.1. The van der Waals surface area contributed by atoms with Gasteiger partial charge in [-0.25, -0.2) is 4.79 Å². The number of esters is 2. The molecule has 14 heteroatoms. The molecule has 9 rings (SSSR count). The average Bonchev–Trinajstić information content (AvgIpc) is 3.69. The molecule has 6 unspecified atom stereocenters. The molecule has 1 spiro atoms. The number of carbonyl (C=O) groups is 2. The Morgan fingerprint density at radius 3 is 2.30 bits per heavy atom. The number of methoxy groups -OCH3 is 1. The molecule has 8 aliphatic rings. The van der Waals surface area contributed by atoms with Gasteiger partial charge in [-0.2, -0.15) is 0 Å². The lowest BCUT2D eigenvalue weighted by Crippen LogP contribution is -2.61. The van der Waals surface area contributed by atoms with E-state index in [1.807, 2.05) is 0 Å². The molecule has 0 aromatic heterocycles. The van der Waals surface area contributed by atoms with Crippen LogP contribution in [-0.4, -0.2) is 121 Å². The molecule has 0 radical (unpaired) electrons. The van der Waals surface area contributed by atoms with Crippen LogP contribution in [0.15, 0.2) is 35.9 Å². The van der Waals surface area contributed by atoms with E-state index in [1.165, 1.54) is 51.0 Å². The summed E-state index contributed by atoms with van der Waals surface area (Å²) in [6.45, 7) is 11.3. The third-order valence-electron chi connectivity index (χ3n) is 16.7. The molecule has 1 aromatic carbocycles. The van der Waals surface area contributed by atoms with Crippen molar-refractivity contribution >= 4 is 11.9 Å². The van der Waals surface area contributed by atoms with E-state index in [1.54, 1.807) is 12.1 Å². The smallest absolute Gasteiger partial charge is 0.338 e. The van der Waals surface area contributed by atoms with Crippen LogP contribution in [0.5, 0.6) is 5.75 Å². The summed E-state index contributed by atoms with van der Waals surface area (Å²) >= 11 is 0. The van der Waals surface area contributed by atoms with Crippen LogP contribution in [0.3, 0.4) is 0 Å². The number of hydrogen-bond acceptors (Lipinski definition) is 14. The summed E-state index contributed by atoms with van der Waals surface area (Å²) in [5, 5.41) is 32.9. The largest absolute Gasteiger partial charge is 0.497 e. The summed E-state index contributed by atoms with van der Waals surface area (Å²) in [4.78, 5) is 25.5. The average molecular weight is 855 g/mol. The predicted octanol–water partition coefficient (Wildman–Crippen LogP) is 5.08. The van der Waals surface area contributed by atoms with Crippen LogP contribution in [0.4, 0.5) is 0 Å². The number of carbonyl (C=O) groups excluding carboxylic acids is 2. The number of aliphatic hydroxyl groups is 3. The van der Waals surface area contributed by atoms with Gasteiger partial charge in [-0.3, -0.25) is 4.79 Å². The molecular weight excluding hydrogens is 789 g/mol. The second-order valence-electron chi connectivity index (χ2n) is 20.1. The van der Waals surface area contributed by atoms with E-state index < -0.39 is 66.9 Å². The van der Waals surface area contributed by atoms with E-state index >= 15 is 0 Å². The van der Waals surface area contributed by atoms with Crippen molar-refractivity contribution in [2.45, 2.75) is 160 Å². The standard InChI is InChI=1S/C47H66O14/c1-24-13-18-47(56-21-24)25(2)37-35(61-47)20-33-31-12-9-28-19-30(14-16-45(28,4)32(31)15-17-46(33,37)5)58-43-41(57-26(3)48)39(51)36(23-55-43)59-44-40(38(50)34(49)22-54-44)60-42(52)27-7-10-29(53-6)11-8-27/h7-11,24-25,30-41,43-44,49-51H,12-23H2,1-6H3/t24-,25+,30+,31?,32?,33?,34-,35?,36+,37?,38+,39+,40-,41-,43+,44+,45+,46+,47?/m1/s1. The number of benzene rings is 1. The van der Waals surface area contributed by atoms with Gasteiger partial charge in [-0.15, -0.1) is 0 Å². The summed E-state index contributed by atoms with van der Waals surface area (Å²) in [6.07, 6.45) is 1.16. The Balaban J connectivity index is 0.842. The number of aliphatic hydroxyl groups excluding tert-OH is 3. The number of rotatable bonds is 8. The highest BCUT2D eigenvalue weighted by Crippen LogP contribution is 2.70. The zero-order valence-electron chi connectivity index (χ0n) is 36.4. The highest BCUT2D eigenvalue weighted by Gasteiger charge is 2.68. The number of ether oxygens (including phenoxy) is 9. The first-order valence-corrected chi connectivity index (χ1v) is 22.8. The molecule has 19 atom stereocenters. The van der Waals surface area contributed by atoms with Crippen LogP contribution in [-0.2, 0) is 42.7 Å². The molecule has 0 amide bonds. The zero-order valence-corrected chi connectivity index (χ0v) is 36.4. The highest BCUT2D eigenvalue weighted by molar-refractivity contribution is 5.89. The molecule has 61 heavy (non-hydrogen) atoms. The van der Waals surface area contributed by atoms with Crippen LogP contribution in [0.2, 0.25) is 0 Å². The molecule has 4 aliphatic carbocycles. The Labute approximate surface area is 358 Å². The summed E-state index contributed by atoms with van der Waals surface area (Å²) in [5.74, 6) is 2.03. The molecule has 14 nitrogen and oxygen atoms in total. The minimum Gasteiger partial charge on any atom is -0.497 e. The van der Waals surface area contributed by atoms with Crippen molar-refractivity contribution in [3.63, 3.8) is 0 Å². The Bertz CT molecular complexity index is 1790. The van der Waals surface area contributed by atoms with E-state index in [0.717, 1.165) is 45.1 Å². The molecule has 4 heterocycles. The van der Waals surface area contributed by atoms with Crippen LogP contribution < -0.4 is 4.74 Å². The van der Waals surface area contributed by atoms with Gasteiger partial charge in [0.1, 0.15) is 30.2 Å². The Morgan fingerprint density at radius 2 is 1.57 bits per heavy atom. The minimum atomic E-state index is -1.55. The van der Waals surface area contributed by atoms with Crippen molar-refractivity contribution in [3.8, 4) is 5.75 Å². The van der Waals surface area contributed by atoms with Crippen molar-refractivity contribution in [1.82, 2.24) is 0 Å². The third-order valence-corrected chi connectivity index (χ3v) is 16.7. The maximum Gasteiger partial charge on any atom is 0.338 e. The Morgan fingerprint density at radius 1 is 0.836 bits per heavy atom. The molecule has 0 bridgehead atoms. The van der Waals surface area contributed by atoms with Crippen LogP contribution in [0.25, 0.3) is 0 Å². The van der Waals surface area contributed by atoms with Crippen molar-refractivity contribution in [2.75, 3.05) is 26.9 Å². The minimum absolute atomic E-state index is 0.0603. The van der Waals surface area contributed by atoms with Crippen molar-refractivity contribution < 1.29 is 67.5 Å². The van der Waals surface area contributed by atoms with Crippen molar-refractivity contribution in [2.24, 2.45) is 46.3 Å². The van der Waals surface area contributed by atoms with Gasteiger partial charge >= 0.3 is 11.9 Å². The molecule has 3 N–H and O–H groups in total. The van der Waals surface area contributed by atoms with Gasteiger partial charge in [0.2, 0.25) is 0 Å². The second kappa shape index (κ2) is 16.7. The molecular formula is C47H66O14. The summed E-state index contributed by atoms with van der Waals surface area (Å²) in [5.41, 5.74) is 1.90. The fourth-order valence-electron chi connectivity index (χ4n) is 13.4.